The van der Waals surface area contributed by atoms with Crippen molar-refractivity contribution in [2.45, 2.75) is 18.0 Å². The first-order valence-electron chi connectivity index (χ1n) is 7.35. The lowest BCUT2D eigenvalue weighted by Crippen LogP contribution is -2.07. The minimum Gasteiger partial charge on any atom is -0.254 e. The lowest BCUT2D eigenvalue weighted by Gasteiger charge is -2.09. The van der Waals surface area contributed by atoms with Crippen molar-refractivity contribution in [3.05, 3.63) is 47.9 Å². The topological polar surface area (TPSA) is 88.1 Å². The minimum atomic E-state index is -4.59. The zero-order valence-electron chi connectivity index (χ0n) is 13.3. The van der Waals surface area contributed by atoms with Crippen molar-refractivity contribution >= 4 is 15.4 Å². The van der Waals surface area contributed by atoms with Crippen LogP contribution in [-0.2, 0) is 16.0 Å². The molecule has 0 N–H and O–H groups in total. The molecule has 0 spiro atoms. The summed E-state index contributed by atoms with van der Waals surface area (Å²) in [6.45, 7) is 1.45. The van der Waals surface area contributed by atoms with E-state index >= 15 is 0 Å². The molecule has 3 rings (SSSR count). The summed E-state index contributed by atoms with van der Waals surface area (Å²) in [4.78, 5) is 3.90. The number of rotatable bonds is 3. The Labute approximate surface area is 146 Å². The number of aromatic nitrogens is 3. The molecule has 0 aromatic carbocycles. The van der Waals surface area contributed by atoms with Crippen molar-refractivity contribution in [2.75, 3.05) is 5.75 Å². The predicted molar refractivity (Wildman–Crippen MR) is 85.9 cm³/mol. The number of fused-ring (bicyclic) bond motifs is 1. The van der Waals surface area contributed by atoms with E-state index in [1.165, 1.54) is 37.5 Å². The van der Waals surface area contributed by atoms with Crippen LogP contribution in [-0.4, -0.2) is 28.8 Å². The maximum absolute atomic E-state index is 12.8. The highest BCUT2D eigenvalue weighted by Gasteiger charge is 2.34. The largest absolute Gasteiger partial charge is 0.435 e. The summed E-state index contributed by atoms with van der Waals surface area (Å²) < 4.78 is 64.1. The molecule has 3 aromatic heterocycles. The summed E-state index contributed by atoms with van der Waals surface area (Å²) in [6.07, 6.45) is -2.08. The minimum absolute atomic E-state index is 0.0723. The molecular weight excluding hydrogens is 369 g/mol. The Balaban J connectivity index is 2.22. The molecule has 10 heteroatoms. The van der Waals surface area contributed by atoms with Crippen LogP contribution >= 0.6 is 0 Å². The Bertz CT molecular complexity index is 1140. The summed E-state index contributed by atoms with van der Waals surface area (Å²) >= 11 is 0. The number of nitrogens with zero attached hydrogens (tertiary/aromatic N) is 4. The number of sulfone groups is 1. The van der Waals surface area contributed by atoms with Gasteiger partial charge in [0.15, 0.2) is 15.5 Å². The van der Waals surface area contributed by atoms with Gasteiger partial charge in [-0.2, -0.15) is 23.5 Å². The van der Waals surface area contributed by atoms with Gasteiger partial charge in [0.2, 0.25) is 0 Å². The van der Waals surface area contributed by atoms with Crippen LogP contribution < -0.4 is 0 Å². The second-order valence-electron chi connectivity index (χ2n) is 5.40. The standard InChI is InChI=1S/C16H11F3N4O2S/c1-2-26(24,25)13-5-10(8-20)9-21-15(13)11-3-4-23-12(6-11)7-14(22-23)16(17,18)19/h3-7,9H,2H2,1H3. The summed E-state index contributed by atoms with van der Waals surface area (Å²) in [5.41, 5.74) is -0.457. The van der Waals surface area contributed by atoms with Crippen LogP contribution in [0.5, 0.6) is 0 Å². The average molecular weight is 380 g/mol. The molecule has 134 valence electrons. The van der Waals surface area contributed by atoms with E-state index in [1.807, 2.05) is 6.07 Å². The van der Waals surface area contributed by atoms with E-state index in [2.05, 4.69) is 10.1 Å². The van der Waals surface area contributed by atoms with Crippen molar-refractivity contribution in [3.8, 4) is 17.3 Å². The highest BCUT2D eigenvalue weighted by atomic mass is 32.2. The Morgan fingerprint density at radius 1 is 1.27 bits per heavy atom. The molecule has 26 heavy (non-hydrogen) atoms. The fraction of sp³-hybridized carbons (Fsp3) is 0.188. The zero-order chi connectivity index (χ0) is 19.1. The smallest absolute Gasteiger partial charge is 0.254 e. The van der Waals surface area contributed by atoms with Gasteiger partial charge in [-0.25, -0.2) is 12.9 Å². The summed E-state index contributed by atoms with van der Waals surface area (Å²) in [7, 11) is -3.70. The van der Waals surface area contributed by atoms with Crippen molar-refractivity contribution in [2.24, 2.45) is 0 Å². The van der Waals surface area contributed by atoms with E-state index in [0.717, 1.165) is 10.6 Å². The quantitative estimate of drug-likeness (QED) is 0.697. The average Bonchev–Trinajstić information content (AvgIpc) is 3.04. The number of halogens is 3. The van der Waals surface area contributed by atoms with E-state index in [-0.39, 0.29) is 27.4 Å². The predicted octanol–water partition coefficient (Wildman–Crippen LogP) is 3.08. The maximum atomic E-state index is 12.8. The highest BCUT2D eigenvalue weighted by Crippen LogP contribution is 2.31. The summed E-state index contributed by atoms with van der Waals surface area (Å²) in [5.74, 6) is -0.205. The highest BCUT2D eigenvalue weighted by molar-refractivity contribution is 7.91. The Kier molecular flexibility index (Phi) is 4.20. The Morgan fingerprint density at radius 3 is 2.62 bits per heavy atom. The zero-order valence-corrected chi connectivity index (χ0v) is 14.1. The second kappa shape index (κ2) is 6.10. The molecule has 3 heterocycles. The van der Waals surface area contributed by atoms with Gasteiger partial charge in [0.25, 0.3) is 0 Å². The number of hydrogen-bond acceptors (Lipinski definition) is 5. The van der Waals surface area contributed by atoms with Crippen molar-refractivity contribution in [3.63, 3.8) is 0 Å². The van der Waals surface area contributed by atoms with Gasteiger partial charge in [0.05, 0.1) is 27.4 Å². The van der Waals surface area contributed by atoms with Crippen LogP contribution in [0.15, 0.2) is 41.6 Å². The molecule has 0 saturated carbocycles. The molecule has 0 bridgehead atoms. The van der Waals surface area contributed by atoms with E-state index in [1.54, 1.807) is 0 Å². The lowest BCUT2D eigenvalue weighted by atomic mass is 10.1. The Hall–Kier alpha value is -2.93. The van der Waals surface area contributed by atoms with E-state index < -0.39 is 21.7 Å². The second-order valence-corrected chi connectivity index (χ2v) is 7.64. The third-order valence-corrected chi connectivity index (χ3v) is 5.47. The Morgan fingerprint density at radius 2 is 2.00 bits per heavy atom. The molecule has 0 saturated heterocycles. The van der Waals surface area contributed by atoms with Gasteiger partial charge in [-0.15, -0.1) is 0 Å². The molecular formula is C16H11F3N4O2S. The summed E-state index contributed by atoms with van der Waals surface area (Å²) in [6, 6.07) is 6.69. The van der Waals surface area contributed by atoms with Crippen molar-refractivity contribution in [1.29, 1.82) is 5.26 Å². The van der Waals surface area contributed by atoms with Gasteiger partial charge >= 0.3 is 6.18 Å². The van der Waals surface area contributed by atoms with Crippen LogP contribution in [0.2, 0.25) is 0 Å². The maximum Gasteiger partial charge on any atom is 0.435 e. The van der Waals surface area contributed by atoms with Gasteiger partial charge in [-0.05, 0) is 24.3 Å². The number of alkyl halides is 3. The lowest BCUT2D eigenvalue weighted by molar-refractivity contribution is -0.141. The molecule has 0 fully saturated rings. The van der Waals surface area contributed by atoms with Crippen LogP contribution in [0.1, 0.15) is 18.2 Å². The fourth-order valence-electron chi connectivity index (χ4n) is 2.40. The third kappa shape index (κ3) is 3.13. The van der Waals surface area contributed by atoms with Crippen LogP contribution in [0, 0.1) is 11.3 Å². The molecule has 0 amide bonds. The van der Waals surface area contributed by atoms with E-state index in [4.69, 9.17) is 5.26 Å². The molecule has 6 nitrogen and oxygen atoms in total. The molecule has 0 aliphatic heterocycles. The first-order chi connectivity index (χ1) is 12.2. The molecule has 0 unspecified atom stereocenters. The first-order valence-corrected chi connectivity index (χ1v) is 9.01. The van der Waals surface area contributed by atoms with Crippen LogP contribution in [0.3, 0.4) is 0 Å². The van der Waals surface area contributed by atoms with Gasteiger partial charge < -0.3 is 0 Å². The SMILES string of the molecule is CCS(=O)(=O)c1cc(C#N)cnc1-c1ccn2nc(C(F)(F)F)cc2c1. The first kappa shape index (κ1) is 17.9. The normalized spacial score (nSPS) is 12.3. The third-order valence-electron chi connectivity index (χ3n) is 3.72. The van der Waals surface area contributed by atoms with Gasteiger partial charge in [-0.1, -0.05) is 6.92 Å². The fourth-order valence-corrected chi connectivity index (χ4v) is 3.48. The molecule has 3 aromatic rings. The molecule has 0 aliphatic rings. The van der Waals surface area contributed by atoms with Gasteiger partial charge in [-0.3, -0.25) is 4.98 Å². The number of hydrogen-bond donors (Lipinski definition) is 0. The summed E-state index contributed by atoms with van der Waals surface area (Å²) in [5, 5.41) is 12.4. The van der Waals surface area contributed by atoms with Crippen LogP contribution in [0.25, 0.3) is 16.8 Å². The number of nitriles is 1. The molecule has 0 radical (unpaired) electrons. The number of pyridine rings is 2. The van der Waals surface area contributed by atoms with Gasteiger partial charge in [0, 0.05) is 18.0 Å². The molecule has 0 atom stereocenters. The van der Waals surface area contributed by atoms with E-state index in [0.29, 0.717) is 5.56 Å². The van der Waals surface area contributed by atoms with Gasteiger partial charge in [0.1, 0.15) is 6.07 Å². The van der Waals surface area contributed by atoms with Crippen molar-refractivity contribution in [1.82, 2.24) is 14.6 Å². The molecule has 0 aliphatic carbocycles. The van der Waals surface area contributed by atoms with Crippen molar-refractivity contribution < 1.29 is 21.6 Å². The van der Waals surface area contributed by atoms with Crippen LogP contribution in [0.4, 0.5) is 13.2 Å². The monoisotopic (exact) mass is 380 g/mol. The van der Waals surface area contributed by atoms with E-state index in [9.17, 15) is 21.6 Å².